The van der Waals surface area contributed by atoms with Gasteiger partial charge in [-0.2, -0.15) is 0 Å². The minimum absolute atomic E-state index is 0.0675. The molecule has 0 radical (unpaired) electrons. The predicted octanol–water partition coefficient (Wildman–Crippen LogP) is 0.703. The molecule has 3 rings (SSSR count). The molecule has 0 bridgehead atoms. The number of amides is 3. The standard InChI is InChI=1S/C21H17FN4O6/c1-32-21(31)15-8-14(19(29)25-26-20(30)18(23)28)13-7-11(9-24-16(13)17(15)27)6-10-2-4-12(22)5-3-10/h2-5,7-9,27H,6H2,1H3,(H2,23,28)(H,25,29)(H,26,30). The van der Waals surface area contributed by atoms with Crippen molar-refractivity contribution in [3.05, 3.63) is 70.7 Å². The lowest BCUT2D eigenvalue weighted by Gasteiger charge is -2.13. The molecule has 2 aromatic carbocycles. The third-order valence-electron chi connectivity index (χ3n) is 4.49. The van der Waals surface area contributed by atoms with Crippen LogP contribution in [-0.2, 0) is 20.7 Å². The molecule has 164 valence electrons. The van der Waals surface area contributed by atoms with E-state index in [4.69, 9.17) is 5.73 Å². The normalized spacial score (nSPS) is 10.4. The van der Waals surface area contributed by atoms with Crippen LogP contribution in [-0.4, -0.2) is 40.9 Å². The lowest BCUT2D eigenvalue weighted by molar-refractivity contribution is -0.137. The van der Waals surface area contributed by atoms with Crippen LogP contribution >= 0.6 is 0 Å². The van der Waals surface area contributed by atoms with E-state index in [9.17, 15) is 28.7 Å². The number of carbonyl (C=O) groups excluding carboxylic acids is 4. The van der Waals surface area contributed by atoms with Gasteiger partial charge in [0.1, 0.15) is 16.9 Å². The van der Waals surface area contributed by atoms with Crippen LogP contribution in [0.5, 0.6) is 5.75 Å². The predicted molar refractivity (Wildman–Crippen MR) is 109 cm³/mol. The quantitative estimate of drug-likeness (QED) is 0.264. The van der Waals surface area contributed by atoms with Crippen molar-refractivity contribution in [3.63, 3.8) is 0 Å². The zero-order valence-electron chi connectivity index (χ0n) is 16.6. The number of rotatable bonds is 4. The molecular formula is C21H17FN4O6. The monoisotopic (exact) mass is 440 g/mol. The Kier molecular flexibility index (Phi) is 6.29. The van der Waals surface area contributed by atoms with E-state index < -0.39 is 29.4 Å². The number of nitrogens with two attached hydrogens (primary N) is 1. The van der Waals surface area contributed by atoms with Gasteiger partial charge in [0.15, 0.2) is 5.75 Å². The Morgan fingerprint density at radius 2 is 1.75 bits per heavy atom. The summed E-state index contributed by atoms with van der Waals surface area (Å²) in [5, 5.41) is 10.6. The van der Waals surface area contributed by atoms with Crippen LogP contribution in [0.15, 0.2) is 42.6 Å². The first-order chi connectivity index (χ1) is 15.2. The second-order valence-corrected chi connectivity index (χ2v) is 6.63. The second-order valence-electron chi connectivity index (χ2n) is 6.63. The maximum absolute atomic E-state index is 13.2. The molecule has 32 heavy (non-hydrogen) atoms. The number of phenolic OH excluding ortho intramolecular Hbond substituents is 1. The largest absolute Gasteiger partial charge is 0.505 e. The maximum Gasteiger partial charge on any atom is 0.341 e. The summed E-state index contributed by atoms with van der Waals surface area (Å²) in [6.07, 6.45) is 1.77. The molecule has 0 aliphatic rings. The van der Waals surface area contributed by atoms with Gasteiger partial charge in [0.25, 0.3) is 5.91 Å². The van der Waals surface area contributed by atoms with Crippen molar-refractivity contribution in [3.8, 4) is 5.75 Å². The Hall–Kier alpha value is -4.54. The van der Waals surface area contributed by atoms with Gasteiger partial charge >= 0.3 is 17.8 Å². The molecular weight excluding hydrogens is 423 g/mol. The zero-order chi connectivity index (χ0) is 23.4. The van der Waals surface area contributed by atoms with E-state index in [1.807, 2.05) is 10.9 Å². The highest BCUT2D eigenvalue weighted by molar-refractivity contribution is 6.34. The van der Waals surface area contributed by atoms with E-state index in [0.29, 0.717) is 12.0 Å². The van der Waals surface area contributed by atoms with Crippen molar-refractivity contribution in [2.24, 2.45) is 5.73 Å². The lowest BCUT2D eigenvalue weighted by atomic mass is 9.99. The molecule has 3 aromatic rings. The van der Waals surface area contributed by atoms with Crippen LogP contribution in [0, 0.1) is 5.82 Å². The molecule has 0 atom stereocenters. The van der Waals surface area contributed by atoms with Crippen molar-refractivity contribution in [2.75, 3.05) is 7.11 Å². The number of halogens is 1. The summed E-state index contributed by atoms with van der Waals surface area (Å²) < 4.78 is 17.8. The Labute approximate surface area is 180 Å². The molecule has 11 heteroatoms. The molecule has 1 heterocycles. The number of ether oxygens (including phenoxy) is 1. The number of aromatic hydroxyl groups is 1. The highest BCUT2D eigenvalue weighted by atomic mass is 19.1. The van der Waals surface area contributed by atoms with Gasteiger partial charge in [0.05, 0.1) is 12.7 Å². The number of aromatic nitrogens is 1. The number of fused-ring (bicyclic) bond motifs is 1. The third kappa shape index (κ3) is 4.61. The molecule has 0 aliphatic heterocycles. The Balaban J connectivity index is 2.07. The highest BCUT2D eigenvalue weighted by Gasteiger charge is 2.23. The van der Waals surface area contributed by atoms with E-state index in [1.54, 1.807) is 18.2 Å². The zero-order valence-corrected chi connectivity index (χ0v) is 16.6. The van der Waals surface area contributed by atoms with Crippen LogP contribution < -0.4 is 16.6 Å². The van der Waals surface area contributed by atoms with Gasteiger partial charge in [-0.25, -0.2) is 9.18 Å². The van der Waals surface area contributed by atoms with Gasteiger partial charge in [-0.3, -0.25) is 30.2 Å². The summed E-state index contributed by atoms with van der Waals surface area (Å²) in [6, 6.07) is 8.40. The molecule has 0 aliphatic carbocycles. The average Bonchev–Trinajstić information content (AvgIpc) is 2.78. The van der Waals surface area contributed by atoms with E-state index in [1.165, 1.54) is 18.3 Å². The van der Waals surface area contributed by atoms with E-state index in [0.717, 1.165) is 18.7 Å². The average molecular weight is 440 g/mol. The number of primary amides is 1. The number of phenols is 1. The summed E-state index contributed by atoms with van der Waals surface area (Å²) in [5.74, 6) is -5.29. The summed E-state index contributed by atoms with van der Waals surface area (Å²) in [7, 11) is 1.10. The van der Waals surface area contributed by atoms with Crippen LogP contribution in [0.25, 0.3) is 10.9 Å². The fraction of sp³-hybridized carbons (Fsp3) is 0.0952. The van der Waals surface area contributed by atoms with Crippen LogP contribution in [0.4, 0.5) is 4.39 Å². The summed E-state index contributed by atoms with van der Waals surface area (Å²) in [5.41, 5.74) is 9.51. The van der Waals surface area contributed by atoms with Gasteiger partial charge in [-0.05, 0) is 41.8 Å². The van der Waals surface area contributed by atoms with Gasteiger partial charge in [-0.15, -0.1) is 0 Å². The van der Waals surface area contributed by atoms with Crippen molar-refractivity contribution in [1.29, 1.82) is 0 Å². The first-order valence-corrected chi connectivity index (χ1v) is 9.08. The number of hydrogen-bond donors (Lipinski definition) is 4. The van der Waals surface area contributed by atoms with Crippen molar-refractivity contribution in [1.82, 2.24) is 15.8 Å². The molecule has 0 spiro atoms. The number of carbonyl (C=O) groups is 4. The number of nitrogens with one attached hydrogen (secondary N) is 2. The number of hydrazine groups is 1. The number of benzene rings is 2. The number of pyridine rings is 1. The van der Waals surface area contributed by atoms with E-state index >= 15 is 0 Å². The summed E-state index contributed by atoms with van der Waals surface area (Å²) in [6.45, 7) is 0. The highest BCUT2D eigenvalue weighted by Crippen LogP contribution is 2.32. The maximum atomic E-state index is 13.2. The molecule has 0 saturated heterocycles. The number of hydrogen-bond acceptors (Lipinski definition) is 7. The van der Waals surface area contributed by atoms with Crippen molar-refractivity contribution in [2.45, 2.75) is 6.42 Å². The van der Waals surface area contributed by atoms with Crippen molar-refractivity contribution >= 4 is 34.6 Å². The van der Waals surface area contributed by atoms with Crippen LogP contribution in [0.1, 0.15) is 31.8 Å². The lowest BCUT2D eigenvalue weighted by Crippen LogP contribution is -2.47. The minimum Gasteiger partial charge on any atom is -0.505 e. The topological polar surface area (TPSA) is 161 Å². The molecule has 0 fully saturated rings. The molecule has 5 N–H and O–H groups in total. The number of nitrogens with zero attached hydrogens (tertiary/aromatic N) is 1. The molecule has 0 unspecified atom stereocenters. The molecule has 1 aromatic heterocycles. The summed E-state index contributed by atoms with van der Waals surface area (Å²) >= 11 is 0. The minimum atomic E-state index is -1.32. The number of methoxy groups -OCH3 is 1. The summed E-state index contributed by atoms with van der Waals surface area (Å²) in [4.78, 5) is 51.1. The van der Waals surface area contributed by atoms with Gasteiger partial charge in [-0.1, -0.05) is 12.1 Å². The Bertz CT molecular complexity index is 1240. The van der Waals surface area contributed by atoms with E-state index in [2.05, 4.69) is 9.72 Å². The first kappa shape index (κ1) is 22.2. The SMILES string of the molecule is COC(=O)c1cc(C(=O)NNC(=O)C(N)=O)c2cc(Cc3ccc(F)cc3)cnc2c1O. The molecule has 10 nitrogen and oxygen atoms in total. The smallest absolute Gasteiger partial charge is 0.341 e. The van der Waals surface area contributed by atoms with E-state index in [-0.39, 0.29) is 27.8 Å². The fourth-order valence-electron chi connectivity index (χ4n) is 2.95. The Morgan fingerprint density at radius 1 is 1.06 bits per heavy atom. The van der Waals surface area contributed by atoms with Gasteiger partial charge < -0.3 is 15.6 Å². The number of esters is 1. The molecule has 3 amide bonds. The van der Waals surface area contributed by atoms with Crippen LogP contribution in [0.2, 0.25) is 0 Å². The molecule has 0 saturated carbocycles. The van der Waals surface area contributed by atoms with Gasteiger partial charge in [0.2, 0.25) is 0 Å². The fourth-order valence-corrected chi connectivity index (χ4v) is 2.95. The van der Waals surface area contributed by atoms with Crippen LogP contribution in [0.3, 0.4) is 0 Å². The van der Waals surface area contributed by atoms with Crippen molar-refractivity contribution < 1.29 is 33.4 Å². The van der Waals surface area contributed by atoms with Gasteiger partial charge in [0, 0.05) is 11.6 Å². The first-order valence-electron chi connectivity index (χ1n) is 9.08. The Morgan fingerprint density at radius 3 is 2.38 bits per heavy atom. The second kappa shape index (κ2) is 9.08. The third-order valence-corrected chi connectivity index (χ3v) is 4.49.